The molecule has 0 aliphatic carbocycles. The van der Waals surface area contributed by atoms with E-state index < -0.39 is 5.56 Å². The first-order valence-corrected chi connectivity index (χ1v) is 9.17. The predicted octanol–water partition coefficient (Wildman–Crippen LogP) is 3.52. The van der Waals surface area contributed by atoms with Crippen LogP contribution >= 0.6 is 15.9 Å². The van der Waals surface area contributed by atoms with Crippen molar-refractivity contribution in [2.45, 2.75) is 26.1 Å². The van der Waals surface area contributed by atoms with E-state index in [1.165, 1.54) is 0 Å². The molecule has 136 valence electrons. The Morgan fingerprint density at radius 1 is 1.31 bits per heavy atom. The predicted molar refractivity (Wildman–Crippen MR) is 100 cm³/mol. The highest BCUT2D eigenvalue weighted by Gasteiger charge is 2.17. The van der Waals surface area contributed by atoms with E-state index in [0.717, 1.165) is 10.9 Å². The fourth-order valence-electron chi connectivity index (χ4n) is 2.82. The molecule has 0 unspecified atom stereocenters. The number of nitriles is 1. The third kappa shape index (κ3) is 4.33. The lowest BCUT2D eigenvalue weighted by Gasteiger charge is -2.23. The van der Waals surface area contributed by atoms with E-state index in [2.05, 4.69) is 20.9 Å². The number of H-pyrrole nitrogens is 1. The van der Waals surface area contributed by atoms with Crippen molar-refractivity contribution < 1.29 is 14.2 Å². The highest BCUT2D eigenvalue weighted by atomic mass is 79.9. The van der Waals surface area contributed by atoms with Gasteiger partial charge in [0.2, 0.25) is 0 Å². The maximum absolute atomic E-state index is 12.1. The summed E-state index contributed by atoms with van der Waals surface area (Å²) in [6.07, 6.45) is 1.27. The SMILES string of the molecule is Cc1cc(-c2cc(Br)ccc2OCCC2OCCCO2)c(C#N)c(=O)[nH]1. The van der Waals surface area contributed by atoms with Crippen molar-refractivity contribution in [3.8, 4) is 22.9 Å². The van der Waals surface area contributed by atoms with Crippen LogP contribution in [0.5, 0.6) is 5.75 Å². The number of rotatable bonds is 5. The topological polar surface area (TPSA) is 84.3 Å². The van der Waals surface area contributed by atoms with Gasteiger partial charge in [-0.25, -0.2) is 0 Å². The molecular formula is C19H19BrN2O4. The first kappa shape index (κ1) is 18.6. The lowest BCUT2D eigenvalue weighted by atomic mass is 10.00. The molecule has 0 amide bonds. The standard InChI is InChI=1S/C19H19BrN2O4/c1-12-9-14(16(11-21)19(23)22-12)15-10-13(20)3-4-17(15)24-8-5-18-25-6-2-7-26-18/h3-4,9-10,18H,2,5-8H2,1H3,(H,22,23). The van der Waals surface area contributed by atoms with Gasteiger partial charge in [0.25, 0.3) is 5.56 Å². The molecular weight excluding hydrogens is 400 g/mol. The summed E-state index contributed by atoms with van der Waals surface area (Å²) in [6.45, 7) is 3.59. The van der Waals surface area contributed by atoms with Crippen LogP contribution in [0.4, 0.5) is 0 Å². The Morgan fingerprint density at radius 3 is 2.81 bits per heavy atom. The number of benzene rings is 1. The van der Waals surface area contributed by atoms with Crippen molar-refractivity contribution in [3.63, 3.8) is 0 Å². The Hall–Kier alpha value is -2.14. The summed E-state index contributed by atoms with van der Waals surface area (Å²) in [6, 6.07) is 9.29. The fourth-order valence-corrected chi connectivity index (χ4v) is 3.18. The van der Waals surface area contributed by atoms with E-state index >= 15 is 0 Å². The first-order chi connectivity index (χ1) is 12.6. The number of aromatic nitrogens is 1. The minimum atomic E-state index is -0.405. The second-order valence-corrected chi connectivity index (χ2v) is 6.90. The molecule has 1 N–H and O–H groups in total. The average Bonchev–Trinajstić information content (AvgIpc) is 2.63. The lowest BCUT2D eigenvalue weighted by Crippen LogP contribution is -2.26. The van der Waals surface area contributed by atoms with Gasteiger partial charge in [-0.3, -0.25) is 4.79 Å². The van der Waals surface area contributed by atoms with E-state index in [1.54, 1.807) is 13.0 Å². The maximum Gasteiger partial charge on any atom is 0.266 e. The largest absolute Gasteiger partial charge is 0.493 e. The van der Waals surface area contributed by atoms with E-state index in [0.29, 0.717) is 48.8 Å². The summed E-state index contributed by atoms with van der Waals surface area (Å²) >= 11 is 3.44. The number of aromatic amines is 1. The maximum atomic E-state index is 12.1. The summed E-state index contributed by atoms with van der Waals surface area (Å²) in [7, 11) is 0. The number of ether oxygens (including phenoxy) is 3. The number of halogens is 1. The molecule has 26 heavy (non-hydrogen) atoms. The van der Waals surface area contributed by atoms with Gasteiger partial charge in [-0.2, -0.15) is 5.26 Å². The molecule has 0 saturated carbocycles. The molecule has 1 saturated heterocycles. The van der Waals surface area contributed by atoms with Gasteiger partial charge >= 0.3 is 0 Å². The van der Waals surface area contributed by atoms with Gasteiger partial charge in [0.15, 0.2) is 6.29 Å². The number of aryl methyl sites for hydroxylation is 1. The summed E-state index contributed by atoms with van der Waals surface area (Å²) in [5, 5.41) is 9.40. The van der Waals surface area contributed by atoms with Crippen molar-refractivity contribution in [1.82, 2.24) is 4.98 Å². The van der Waals surface area contributed by atoms with E-state index in [-0.39, 0.29) is 11.9 Å². The van der Waals surface area contributed by atoms with Crippen molar-refractivity contribution in [2.75, 3.05) is 19.8 Å². The zero-order valence-corrected chi connectivity index (χ0v) is 16.0. The Morgan fingerprint density at radius 2 is 2.08 bits per heavy atom. The van der Waals surface area contributed by atoms with Crippen LogP contribution in [0.3, 0.4) is 0 Å². The van der Waals surface area contributed by atoms with E-state index in [1.807, 2.05) is 24.3 Å². The lowest BCUT2D eigenvalue weighted by molar-refractivity contribution is -0.183. The number of pyridine rings is 1. The molecule has 1 aromatic carbocycles. The molecule has 0 atom stereocenters. The van der Waals surface area contributed by atoms with Crippen molar-refractivity contribution in [2.24, 2.45) is 0 Å². The summed E-state index contributed by atoms with van der Waals surface area (Å²) in [5.41, 5.74) is 1.58. The Balaban J connectivity index is 1.87. The summed E-state index contributed by atoms with van der Waals surface area (Å²) in [5.74, 6) is 0.602. The van der Waals surface area contributed by atoms with E-state index in [4.69, 9.17) is 14.2 Å². The van der Waals surface area contributed by atoms with Gasteiger partial charge in [-0.15, -0.1) is 0 Å². The molecule has 1 aliphatic heterocycles. The number of hydrogen-bond donors (Lipinski definition) is 1. The van der Waals surface area contributed by atoms with Crippen LogP contribution in [0.15, 0.2) is 33.5 Å². The summed E-state index contributed by atoms with van der Waals surface area (Å²) < 4.78 is 17.8. The molecule has 3 rings (SSSR count). The monoisotopic (exact) mass is 418 g/mol. The molecule has 0 radical (unpaired) electrons. The van der Waals surface area contributed by atoms with Crippen LogP contribution in [-0.4, -0.2) is 31.1 Å². The van der Waals surface area contributed by atoms with Gasteiger partial charge in [0.1, 0.15) is 17.4 Å². The minimum absolute atomic E-state index is 0.0671. The Bertz CT molecular complexity index is 882. The van der Waals surface area contributed by atoms with Crippen LogP contribution < -0.4 is 10.3 Å². The Labute approximate surface area is 159 Å². The zero-order chi connectivity index (χ0) is 18.5. The van der Waals surface area contributed by atoms with Gasteiger partial charge in [0.05, 0.1) is 19.8 Å². The number of nitrogens with zero attached hydrogens (tertiary/aromatic N) is 1. The number of nitrogens with one attached hydrogen (secondary N) is 1. The van der Waals surface area contributed by atoms with Crippen LogP contribution in [-0.2, 0) is 9.47 Å². The second kappa shape index (κ2) is 8.49. The summed E-state index contributed by atoms with van der Waals surface area (Å²) in [4.78, 5) is 14.8. The van der Waals surface area contributed by atoms with Crippen LogP contribution in [0.25, 0.3) is 11.1 Å². The van der Waals surface area contributed by atoms with Gasteiger partial charge in [-0.1, -0.05) is 15.9 Å². The second-order valence-electron chi connectivity index (χ2n) is 5.98. The normalized spacial score (nSPS) is 14.8. The molecule has 0 bridgehead atoms. The third-order valence-electron chi connectivity index (χ3n) is 4.02. The van der Waals surface area contributed by atoms with Gasteiger partial charge in [-0.05, 0) is 37.6 Å². The molecule has 7 heteroatoms. The van der Waals surface area contributed by atoms with Crippen LogP contribution in [0.1, 0.15) is 24.1 Å². The fraction of sp³-hybridized carbons (Fsp3) is 0.368. The molecule has 1 fully saturated rings. The van der Waals surface area contributed by atoms with Crippen molar-refractivity contribution >= 4 is 15.9 Å². The molecule has 1 aliphatic rings. The molecule has 6 nitrogen and oxygen atoms in total. The number of hydrogen-bond acceptors (Lipinski definition) is 5. The molecule has 0 spiro atoms. The van der Waals surface area contributed by atoms with Crippen molar-refractivity contribution in [3.05, 3.63) is 50.3 Å². The van der Waals surface area contributed by atoms with Gasteiger partial charge in [0, 0.05) is 27.7 Å². The zero-order valence-electron chi connectivity index (χ0n) is 14.4. The van der Waals surface area contributed by atoms with Crippen LogP contribution in [0.2, 0.25) is 0 Å². The molecule has 1 aromatic heterocycles. The highest BCUT2D eigenvalue weighted by molar-refractivity contribution is 9.10. The molecule has 2 heterocycles. The quantitative estimate of drug-likeness (QED) is 0.802. The highest BCUT2D eigenvalue weighted by Crippen LogP contribution is 2.34. The van der Waals surface area contributed by atoms with E-state index in [9.17, 15) is 10.1 Å². The molecule has 2 aromatic rings. The smallest absolute Gasteiger partial charge is 0.266 e. The first-order valence-electron chi connectivity index (χ1n) is 8.38. The van der Waals surface area contributed by atoms with Crippen LogP contribution in [0, 0.1) is 18.3 Å². The Kier molecular flexibility index (Phi) is 6.09. The van der Waals surface area contributed by atoms with Gasteiger partial charge < -0.3 is 19.2 Å². The van der Waals surface area contributed by atoms with Crippen molar-refractivity contribution in [1.29, 1.82) is 5.26 Å². The third-order valence-corrected chi connectivity index (χ3v) is 4.51. The minimum Gasteiger partial charge on any atom is -0.493 e. The average molecular weight is 419 g/mol.